The van der Waals surface area contributed by atoms with Gasteiger partial charge in [0.05, 0.1) is 6.61 Å². The summed E-state index contributed by atoms with van der Waals surface area (Å²) >= 11 is 1.09. The summed E-state index contributed by atoms with van der Waals surface area (Å²) in [6, 6.07) is -0.147. The minimum atomic E-state index is -0.939. The summed E-state index contributed by atoms with van der Waals surface area (Å²) in [5.74, 6) is -1.75. The molecule has 1 heterocycles. The lowest BCUT2D eigenvalue weighted by atomic mass is 9.96. The van der Waals surface area contributed by atoms with Crippen molar-refractivity contribution in [2.75, 3.05) is 11.9 Å². The number of hydrogen-bond acceptors (Lipinski definition) is 6. The molecule has 1 aromatic rings. The van der Waals surface area contributed by atoms with Gasteiger partial charge in [-0.1, -0.05) is 19.3 Å². The summed E-state index contributed by atoms with van der Waals surface area (Å²) in [4.78, 5) is 38.8. The van der Waals surface area contributed by atoms with E-state index in [1.807, 2.05) is 0 Å². The van der Waals surface area contributed by atoms with E-state index in [0.29, 0.717) is 0 Å². The molecule has 0 spiro atoms. The van der Waals surface area contributed by atoms with E-state index in [-0.39, 0.29) is 29.5 Å². The SMILES string of the molecule is CCOC(=O)C(=O)c1csc(NC(=O)NC2CCCCC2)n1. The molecule has 0 aromatic carbocycles. The molecule has 2 amide bonds. The van der Waals surface area contributed by atoms with Crippen molar-refractivity contribution < 1.29 is 19.1 Å². The summed E-state index contributed by atoms with van der Waals surface area (Å²) in [5, 5.41) is 7.18. The van der Waals surface area contributed by atoms with E-state index in [1.165, 1.54) is 11.8 Å². The number of ketones is 1. The number of aromatic nitrogens is 1. The Hall–Kier alpha value is -1.96. The van der Waals surface area contributed by atoms with E-state index in [9.17, 15) is 14.4 Å². The van der Waals surface area contributed by atoms with E-state index < -0.39 is 11.8 Å². The van der Waals surface area contributed by atoms with Crippen LogP contribution in [-0.4, -0.2) is 35.4 Å². The second-order valence-electron chi connectivity index (χ2n) is 5.02. The molecule has 0 unspecified atom stereocenters. The van der Waals surface area contributed by atoms with Crippen molar-refractivity contribution in [1.29, 1.82) is 0 Å². The fourth-order valence-electron chi connectivity index (χ4n) is 2.30. The van der Waals surface area contributed by atoms with Crippen LogP contribution in [0.5, 0.6) is 0 Å². The highest BCUT2D eigenvalue weighted by Gasteiger charge is 2.21. The van der Waals surface area contributed by atoms with Gasteiger partial charge < -0.3 is 10.1 Å². The number of urea groups is 1. The zero-order valence-electron chi connectivity index (χ0n) is 12.4. The molecular weight excluding hydrogens is 306 g/mol. The Balaban J connectivity index is 1.87. The Morgan fingerprint density at radius 3 is 2.73 bits per heavy atom. The van der Waals surface area contributed by atoms with Crippen molar-refractivity contribution >= 4 is 34.3 Å². The van der Waals surface area contributed by atoms with Crippen LogP contribution in [-0.2, 0) is 9.53 Å². The lowest BCUT2D eigenvalue weighted by Crippen LogP contribution is -2.39. The fraction of sp³-hybridized carbons (Fsp3) is 0.571. The van der Waals surface area contributed by atoms with E-state index in [2.05, 4.69) is 20.4 Å². The number of hydrogen-bond donors (Lipinski definition) is 2. The van der Waals surface area contributed by atoms with Gasteiger partial charge in [0.25, 0.3) is 5.78 Å². The number of rotatable bonds is 5. The van der Waals surface area contributed by atoms with Crippen LogP contribution >= 0.6 is 11.3 Å². The average molecular weight is 325 g/mol. The average Bonchev–Trinajstić information content (AvgIpc) is 2.96. The molecule has 8 heteroatoms. The van der Waals surface area contributed by atoms with E-state index in [4.69, 9.17) is 0 Å². The number of ether oxygens (including phenoxy) is 1. The van der Waals surface area contributed by atoms with Crippen molar-refractivity contribution in [2.45, 2.75) is 45.1 Å². The highest BCUT2D eigenvalue weighted by atomic mass is 32.1. The van der Waals surface area contributed by atoms with Crippen LogP contribution in [0.2, 0.25) is 0 Å². The van der Waals surface area contributed by atoms with Gasteiger partial charge in [0.15, 0.2) is 5.13 Å². The lowest BCUT2D eigenvalue weighted by molar-refractivity contribution is -0.137. The monoisotopic (exact) mass is 325 g/mol. The van der Waals surface area contributed by atoms with Crippen LogP contribution in [0.15, 0.2) is 5.38 Å². The molecule has 2 rings (SSSR count). The third-order valence-corrected chi connectivity index (χ3v) is 4.12. The minimum absolute atomic E-state index is 0.0172. The number of Topliss-reactive ketones (excluding diaryl/α,β-unsaturated/α-hetero) is 1. The third-order valence-electron chi connectivity index (χ3n) is 3.36. The molecular formula is C14H19N3O4S. The van der Waals surface area contributed by atoms with Crippen LogP contribution in [0.4, 0.5) is 9.93 Å². The van der Waals surface area contributed by atoms with E-state index in [1.54, 1.807) is 6.92 Å². The predicted molar refractivity (Wildman–Crippen MR) is 82.1 cm³/mol. The second-order valence-corrected chi connectivity index (χ2v) is 5.88. The Morgan fingerprint density at radius 2 is 2.05 bits per heavy atom. The van der Waals surface area contributed by atoms with Crippen LogP contribution in [0.1, 0.15) is 49.5 Å². The number of thiazole rings is 1. The molecule has 0 aliphatic heterocycles. The first-order valence-electron chi connectivity index (χ1n) is 7.34. The molecule has 0 atom stereocenters. The van der Waals surface area contributed by atoms with Gasteiger partial charge in [-0.05, 0) is 19.8 Å². The number of esters is 1. The Labute approximate surface area is 132 Å². The van der Waals surface area contributed by atoms with Crippen LogP contribution in [0, 0.1) is 0 Å². The van der Waals surface area contributed by atoms with Gasteiger partial charge in [-0.25, -0.2) is 14.6 Å². The van der Waals surface area contributed by atoms with Gasteiger partial charge in [0, 0.05) is 11.4 Å². The molecule has 1 saturated carbocycles. The zero-order valence-corrected chi connectivity index (χ0v) is 13.2. The van der Waals surface area contributed by atoms with Gasteiger partial charge in [0.1, 0.15) is 5.69 Å². The summed E-state index contributed by atoms with van der Waals surface area (Å²) < 4.78 is 4.63. The second kappa shape index (κ2) is 7.88. The summed E-state index contributed by atoms with van der Waals surface area (Å²) in [7, 11) is 0. The van der Waals surface area contributed by atoms with E-state index in [0.717, 1.165) is 37.0 Å². The molecule has 1 aliphatic carbocycles. The van der Waals surface area contributed by atoms with Gasteiger partial charge in [-0.15, -0.1) is 11.3 Å². The minimum Gasteiger partial charge on any atom is -0.460 e. The fourth-order valence-corrected chi connectivity index (χ4v) is 2.99. The van der Waals surface area contributed by atoms with E-state index >= 15 is 0 Å². The molecule has 0 bridgehead atoms. The molecule has 1 aliphatic rings. The predicted octanol–water partition coefficient (Wildman–Crippen LogP) is 2.34. The number of carbonyl (C=O) groups is 3. The standard InChI is InChI=1S/C14H19N3O4S/c1-2-21-12(19)11(18)10-8-22-14(16-10)17-13(20)15-9-6-4-3-5-7-9/h8-9H,2-7H2,1H3,(H2,15,16,17,20). The summed E-state index contributed by atoms with van der Waals surface area (Å²) in [6.07, 6.45) is 5.43. The Kier molecular flexibility index (Phi) is 5.88. The Bertz CT molecular complexity index is 552. The maximum atomic E-state index is 11.9. The van der Waals surface area contributed by atoms with Crippen molar-refractivity contribution in [1.82, 2.24) is 10.3 Å². The normalized spacial score (nSPS) is 15.1. The highest BCUT2D eigenvalue weighted by Crippen LogP contribution is 2.19. The topological polar surface area (TPSA) is 97.4 Å². The number of nitrogens with one attached hydrogen (secondary N) is 2. The first-order chi connectivity index (χ1) is 10.6. The van der Waals surface area contributed by atoms with Gasteiger partial charge in [-0.2, -0.15) is 0 Å². The third kappa shape index (κ3) is 4.52. The molecule has 1 aromatic heterocycles. The van der Waals surface area contributed by atoms with Crippen molar-refractivity contribution in [3.63, 3.8) is 0 Å². The maximum absolute atomic E-state index is 11.9. The molecule has 1 fully saturated rings. The molecule has 2 N–H and O–H groups in total. The maximum Gasteiger partial charge on any atom is 0.381 e. The molecule has 0 saturated heterocycles. The van der Waals surface area contributed by atoms with Crippen LogP contribution < -0.4 is 10.6 Å². The lowest BCUT2D eigenvalue weighted by Gasteiger charge is -2.22. The zero-order chi connectivity index (χ0) is 15.9. The first-order valence-corrected chi connectivity index (χ1v) is 8.22. The number of amides is 2. The summed E-state index contributed by atoms with van der Waals surface area (Å²) in [6.45, 7) is 1.75. The van der Waals surface area contributed by atoms with Crippen molar-refractivity contribution in [3.05, 3.63) is 11.1 Å². The van der Waals surface area contributed by atoms with Gasteiger partial charge in [-0.3, -0.25) is 10.1 Å². The first kappa shape index (κ1) is 16.4. The number of nitrogens with zero attached hydrogens (tertiary/aromatic N) is 1. The van der Waals surface area contributed by atoms with Crippen LogP contribution in [0.3, 0.4) is 0 Å². The summed E-state index contributed by atoms with van der Waals surface area (Å²) in [5.41, 5.74) is -0.0172. The van der Waals surface area contributed by atoms with Crippen LogP contribution in [0.25, 0.3) is 0 Å². The number of carbonyl (C=O) groups excluding carboxylic acids is 3. The van der Waals surface area contributed by atoms with Crippen molar-refractivity contribution in [3.8, 4) is 0 Å². The number of anilines is 1. The molecule has 120 valence electrons. The smallest absolute Gasteiger partial charge is 0.381 e. The molecule has 7 nitrogen and oxygen atoms in total. The largest absolute Gasteiger partial charge is 0.460 e. The highest BCUT2D eigenvalue weighted by molar-refractivity contribution is 7.14. The molecule has 22 heavy (non-hydrogen) atoms. The van der Waals surface area contributed by atoms with Crippen molar-refractivity contribution in [2.24, 2.45) is 0 Å². The van der Waals surface area contributed by atoms with Gasteiger partial charge in [0.2, 0.25) is 0 Å². The Morgan fingerprint density at radius 1 is 1.32 bits per heavy atom. The molecule has 0 radical (unpaired) electrons. The quantitative estimate of drug-likeness (QED) is 0.492. The van der Waals surface area contributed by atoms with Gasteiger partial charge >= 0.3 is 12.0 Å².